The summed E-state index contributed by atoms with van der Waals surface area (Å²) in [5, 5.41) is 4.29. The minimum Gasteiger partial charge on any atom is -0.494 e. The quantitative estimate of drug-likeness (QED) is 0.248. The Morgan fingerprint density at radius 3 is 2.38 bits per heavy atom. The molecule has 2 aliphatic heterocycles. The van der Waals surface area contributed by atoms with Crippen molar-refractivity contribution in [1.29, 1.82) is 0 Å². The topological polar surface area (TPSA) is 46.1 Å². The van der Waals surface area contributed by atoms with Crippen molar-refractivity contribution in [2.45, 2.75) is 83.2 Å². The van der Waals surface area contributed by atoms with E-state index in [1.54, 1.807) is 6.20 Å². The van der Waals surface area contributed by atoms with E-state index < -0.39 is 0 Å². The molecule has 0 aromatic heterocycles. The molecule has 0 bridgehead atoms. The van der Waals surface area contributed by atoms with Gasteiger partial charge in [-0.25, -0.2) is 4.99 Å². The van der Waals surface area contributed by atoms with Gasteiger partial charge >= 0.3 is 0 Å². The van der Waals surface area contributed by atoms with Gasteiger partial charge < -0.3 is 14.8 Å². The zero-order chi connectivity index (χ0) is 20.6. The van der Waals surface area contributed by atoms with Gasteiger partial charge in [-0.1, -0.05) is 32.4 Å². The lowest BCUT2D eigenvalue weighted by atomic mass is 10.0. The van der Waals surface area contributed by atoms with Crippen LogP contribution in [0.3, 0.4) is 0 Å². The number of allylic oxidation sites excluding steroid dienone is 1. The number of rotatable bonds is 9. The Morgan fingerprint density at radius 2 is 1.79 bits per heavy atom. The molecule has 5 nitrogen and oxygen atoms in total. The highest BCUT2D eigenvalue weighted by Crippen LogP contribution is 2.37. The van der Waals surface area contributed by atoms with E-state index in [1.165, 1.54) is 12.8 Å². The number of hydrogen-bond donors (Lipinski definition) is 1. The highest BCUT2D eigenvalue weighted by molar-refractivity contribution is 7.97. The first-order valence-corrected chi connectivity index (χ1v) is 12.3. The second-order valence-electron chi connectivity index (χ2n) is 8.53. The van der Waals surface area contributed by atoms with Crippen molar-refractivity contribution in [3.8, 4) is 0 Å². The lowest BCUT2D eigenvalue weighted by Crippen LogP contribution is -2.35. The summed E-state index contributed by atoms with van der Waals surface area (Å²) in [7, 11) is 0. The van der Waals surface area contributed by atoms with Crippen LogP contribution in [0, 0.1) is 5.92 Å². The van der Waals surface area contributed by atoms with Crippen LogP contribution >= 0.6 is 11.9 Å². The van der Waals surface area contributed by atoms with Crippen molar-refractivity contribution in [1.82, 2.24) is 9.62 Å². The summed E-state index contributed by atoms with van der Waals surface area (Å²) >= 11 is 2.05. The van der Waals surface area contributed by atoms with Crippen LogP contribution in [0.2, 0.25) is 0 Å². The molecule has 0 aromatic carbocycles. The average molecular weight is 422 g/mol. The minimum atomic E-state index is 0.219. The molecule has 2 heterocycles. The summed E-state index contributed by atoms with van der Waals surface area (Å²) in [6, 6.07) is 0. The Kier molecular flexibility index (Phi) is 8.94. The second kappa shape index (κ2) is 11.4. The Hall–Kier alpha value is -0.980. The molecule has 6 heteroatoms. The number of nitrogens with one attached hydrogen (secondary N) is 1. The van der Waals surface area contributed by atoms with Crippen molar-refractivity contribution in [2.75, 3.05) is 26.2 Å². The van der Waals surface area contributed by atoms with Gasteiger partial charge in [-0.2, -0.15) is 0 Å². The summed E-state index contributed by atoms with van der Waals surface area (Å²) in [5.74, 6) is 2.08. The molecule has 164 valence electrons. The van der Waals surface area contributed by atoms with Crippen LogP contribution in [0.25, 0.3) is 0 Å². The molecule has 3 rings (SSSR count). The molecular formula is C23H39N3O2S. The van der Waals surface area contributed by atoms with Crippen molar-refractivity contribution in [2.24, 2.45) is 10.9 Å². The van der Waals surface area contributed by atoms with Gasteiger partial charge in [0.2, 0.25) is 5.90 Å². The molecule has 0 aromatic rings. The zero-order valence-electron chi connectivity index (χ0n) is 18.5. The first-order chi connectivity index (χ1) is 14.1. The Balaban J connectivity index is 1.65. The van der Waals surface area contributed by atoms with Crippen LogP contribution in [0.4, 0.5) is 0 Å². The molecule has 1 atom stereocenters. The molecule has 3 fully saturated rings. The van der Waals surface area contributed by atoms with Gasteiger partial charge in [0.15, 0.2) is 0 Å². The Morgan fingerprint density at radius 1 is 1.14 bits per heavy atom. The minimum absolute atomic E-state index is 0.219. The predicted molar refractivity (Wildman–Crippen MR) is 123 cm³/mol. The summed E-state index contributed by atoms with van der Waals surface area (Å²) in [4.78, 5) is 4.52. The van der Waals surface area contributed by atoms with Gasteiger partial charge in [-0.15, -0.1) is 0 Å². The highest BCUT2D eigenvalue weighted by atomic mass is 32.2. The molecule has 29 heavy (non-hydrogen) atoms. The molecule has 0 spiro atoms. The number of piperidine rings is 2. The standard InChI is InChI=1S/C23H39N3O2S/c1-5-17(3)22(27-19-9-13-24-14-10-19)18(4)23(25-6-2)28-20-11-15-26(16-12-20)29-21-7-8-21/h6,17,19-21,24H,2,5,7-16H2,1,3-4H3. The van der Waals surface area contributed by atoms with Crippen LogP contribution in [0.1, 0.15) is 65.7 Å². The van der Waals surface area contributed by atoms with Crippen molar-refractivity contribution >= 4 is 17.8 Å². The van der Waals surface area contributed by atoms with Gasteiger partial charge in [0.05, 0.1) is 0 Å². The Bertz CT molecular complexity index is 589. The summed E-state index contributed by atoms with van der Waals surface area (Å²) in [5.41, 5.74) is 1.03. The molecule has 1 aliphatic carbocycles. The van der Waals surface area contributed by atoms with E-state index in [0.29, 0.717) is 11.8 Å². The molecule has 0 radical (unpaired) electrons. The first-order valence-electron chi connectivity index (χ1n) is 11.5. The second-order valence-corrected chi connectivity index (χ2v) is 9.93. The third kappa shape index (κ3) is 7.04. The molecule has 1 unspecified atom stereocenters. The molecule has 3 aliphatic rings. The van der Waals surface area contributed by atoms with Gasteiger partial charge in [0.25, 0.3) is 0 Å². The molecular weight excluding hydrogens is 382 g/mol. The lowest BCUT2D eigenvalue weighted by Gasteiger charge is -2.32. The van der Waals surface area contributed by atoms with E-state index >= 15 is 0 Å². The van der Waals surface area contributed by atoms with Crippen LogP contribution < -0.4 is 5.32 Å². The van der Waals surface area contributed by atoms with Gasteiger partial charge in [0, 0.05) is 36.0 Å². The summed E-state index contributed by atoms with van der Waals surface area (Å²) in [6.45, 7) is 14.6. The highest BCUT2D eigenvalue weighted by Gasteiger charge is 2.30. The normalized spacial score (nSPS) is 24.7. The monoisotopic (exact) mass is 421 g/mol. The fraction of sp³-hybridized carbons (Fsp3) is 0.783. The number of aliphatic imine (C=N–C) groups is 1. The number of nitrogens with zero attached hydrogens (tertiary/aromatic N) is 2. The number of hydrogen-bond acceptors (Lipinski definition) is 6. The predicted octanol–water partition coefficient (Wildman–Crippen LogP) is 4.91. The van der Waals surface area contributed by atoms with Crippen LogP contribution in [0.15, 0.2) is 29.1 Å². The van der Waals surface area contributed by atoms with E-state index in [2.05, 4.69) is 53.9 Å². The van der Waals surface area contributed by atoms with Gasteiger partial charge in [-0.05, 0) is 65.0 Å². The fourth-order valence-corrected chi connectivity index (χ4v) is 5.04. The molecule has 1 saturated carbocycles. The third-order valence-electron chi connectivity index (χ3n) is 6.04. The zero-order valence-corrected chi connectivity index (χ0v) is 19.3. The maximum Gasteiger partial charge on any atom is 0.219 e. The van der Waals surface area contributed by atoms with Gasteiger partial charge in [-0.3, -0.25) is 4.31 Å². The van der Waals surface area contributed by atoms with E-state index in [9.17, 15) is 0 Å². The smallest absolute Gasteiger partial charge is 0.219 e. The SMILES string of the molecule is C=CN=C(OC1CCN(SC2CC2)CC1)C(C)=C(OC1CCNCC1)C(C)CC. The fourth-order valence-electron chi connectivity index (χ4n) is 3.85. The maximum atomic E-state index is 6.52. The summed E-state index contributed by atoms with van der Waals surface area (Å²) < 4.78 is 15.5. The van der Waals surface area contributed by atoms with E-state index in [-0.39, 0.29) is 12.2 Å². The van der Waals surface area contributed by atoms with Crippen molar-refractivity contribution in [3.63, 3.8) is 0 Å². The average Bonchev–Trinajstić information content (AvgIpc) is 3.57. The molecule has 0 amide bonds. The van der Waals surface area contributed by atoms with Crippen LogP contribution in [-0.2, 0) is 9.47 Å². The largest absolute Gasteiger partial charge is 0.494 e. The van der Waals surface area contributed by atoms with Crippen molar-refractivity contribution < 1.29 is 9.47 Å². The molecule has 1 N–H and O–H groups in total. The number of ether oxygens (including phenoxy) is 2. The van der Waals surface area contributed by atoms with E-state index in [4.69, 9.17) is 9.47 Å². The van der Waals surface area contributed by atoms with E-state index in [0.717, 1.165) is 74.9 Å². The van der Waals surface area contributed by atoms with Crippen LogP contribution in [-0.4, -0.2) is 53.8 Å². The first kappa shape index (κ1) is 22.7. The van der Waals surface area contributed by atoms with Crippen molar-refractivity contribution in [3.05, 3.63) is 24.1 Å². The molecule has 2 saturated heterocycles. The van der Waals surface area contributed by atoms with Crippen LogP contribution in [0.5, 0.6) is 0 Å². The van der Waals surface area contributed by atoms with E-state index in [1.807, 2.05) is 0 Å². The summed E-state index contributed by atoms with van der Waals surface area (Å²) in [6.07, 6.45) is 10.1. The maximum absolute atomic E-state index is 6.52. The third-order valence-corrected chi connectivity index (χ3v) is 7.47. The lowest BCUT2D eigenvalue weighted by molar-refractivity contribution is 0.0673. The Labute approximate surface area is 181 Å². The van der Waals surface area contributed by atoms with Gasteiger partial charge in [0.1, 0.15) is 18.0 Å².